The maximum Gasteiger partial charge on any atom is 0.330 e. The molecule has 2 aromatic carbocycles. The number of aromatic nitrogens is 2. The molecule has 0 aliphatic heterocycles. The van der Waals surface area contributed by atoms with E-state index in [0.29, 0.717) is 6.54 Å². The van der Waals surface area contributed by atoms with Crippen LogP contribution in [0.15, 0.2) is 52.1 Å². The highest BCUT2D eigenvalue weighted by atomic mass is 16.5. The number of H-pyrrole nitrogens is 1. The number of nitrogens with zero attached hydrogens (tertiary/aromatic N) is 2. The molecule has 0 unspecified atom stereocenters. The minimum absolute atomic E-state index is 0.0233. The number of ether oxygens (including phenoxy) is 1. The number of anilines is 2. The quantitative estimate of drug-likeness (QED) is 0.576. The Bertz CT molecular complexity index is 1190. The van der Waals surface area contributed by atoms with E-state index >= 15 is 0 Å². The number of nitrogens with two attached hydrogens (primary N) is 1. The minimum atomic E-state index is -0.690. The summed E-state index contributed by atoms with van der Waals surface area (Å²) in [5.74, 6) is -0.206. The molecule has 0 atom stereocenters. The number of hydrogen-bond donors (Lipinski definition) is 2. The van der Waals surface area contributed by atoms with Gasteiger partial charge in [0.1, 0.15) is 5.82 Å². The van der Waals surface area contributed by atoms with Gasteiger partial charge in [0, 0.05) is 20.2 Å². The number of rotatable bonds is 8. The Hall–Kier alpha value is -3.39. The lowest BCUT2D eigenvalue weighted by atomic mass is 10.0. The first-order valence-electron chi connectivity index (χ1n) is 10.2. The minimum Gasteiger partial charge on any atom is -0.383 e. The number of amides is 1. The summed E-state index contributed by atoms with van der Waals surface area (Å²) in [5.41, 5.74) is 5.77. The van der Waals surface area contributed by atoms with E-state index in [0.717, 1.165) is 16.3 Å². The van der Waals surface area contributed by atoms with Crippen molar-refractivity contribution < 1.29 is 9.53 Å². The van der Waals surface area contributed by atoms with Gasteiger partial charge in [-0.15, -0.1) is 0 Å². The van der Waals surface area contributed by atoms with Crippen LogP contribution in [-0.2, 0) is 22.5 Å². The molecule has 3 rings (SSSR count). The molecule has 3 aromatic rings. The Labute approximate surface area is 180 Å². The zero-order valence-corrected chi connectivity index (χ0v) is 18.1. The fourth-order valence-corrected chi connectivity index (χ4v) is 3.63. The average molecular weight is 425 g/mol. The van der Waals surface area contributed by atoms with Gasteiger partial charge in [0.2, 0.25) is 5.91 Å². The zero-order chi connectivity index (χ0) is 22.5. The van der Waals surface area contributed by atoms with Crippen LogP contribution >= 0.6 is 0 Å². The summed E-state index contributed by atoms with van der Waals surface area (Å²) in [6.07, 6.45) is 0.0766. The first-order valence-corrected chi connectivity index (χ1v) is 10.2. The molecule has 31 heavy (non-hydrogen) atoms. The molecule has 0 bridgehead atoms. The largest absolute Gasteiger partial charge is 0.383 e. The summed E-state index contributed by atoms with van der Waals surface area (Å²) in [7, 11) is 1.51. The van der Waals surface area contributed by atoms with Crippen LogP contribution in [0.25, 0.3) is 10.8 Å². The summed E-state index contributed by atoms with van der Waals surface area (Å²) in [4.78, 5) is 42.0. The van der Waals surface area contributed by atoms with Gasteiger partial charge in [-0.1, -0.05) is 56.3 Å². The molecule has 0 saturated carbocycles. The van der Waals surface area contributed by atoms with Crippen molar-refractivity contribution in [2.75, 3.05) is 30.9 Å². The number of carbonyl (C=O) groups excluding carboxylic acids is 1. The van der Waals surface area contributed by atoms with E-state index in [1.165, 1.54) is 16.6 Å². The van der Waals surface area contributed by atoms with Crippen molar-refractivity contribution in [3.8, 4) is 0 Å². The molecule has 8 nitrogen and oxygen atoms in total. The molecular weight excluding hydrogens is 396 g/mol. The molecule has 164 valence electrons. The van der Waals surface area contributed by atoms with Crippen LogP contribution in [0.3, 0.4) is 0 Å². The van der Waals surface area contributed by atoms with Gasteiger partial charge < -0.3 is 15.4 Å². The molecule has 0 radical (unpaired) electrons. The van der Waals surface area contributed by atoms with E-state index in [2.05, 4.69) is 4.98 Å². The van der Waals surface area contributed by atoms with Gasteiger partial charge >= 0.3 is 5.69 Å². The Morgan fingerprint density at radius 2 is 1.87 bits per heavy atom. The maximum absolute atomic E-state index is 13.4. The lowest BCUT2D eigenvalue weighted by Gasteiger charge is -2.25. The smallest absolute Gasteiger partial charge is 0.330 e. The van der Waals surface area contributed by atoms with Gasteiger partial charge in [0.25, 0.3) is 5.56 Å². The second-order valence-corrected chi connectivity index (χ2v) is 7.85. The first kappa shape index (κ1) is 22.3. The fourth-order valence-electron chi connectivity index (χ4n) is 3.63. The number of nitrogen functional groups attached to an aromatic ring is 1. The van der Waals surface area contributed by atoms with Crippen molar-refractivity contribution in [3.63, 3.8) is 0 Å². The first-order chi connectivity index (χ1) is 14.8. The Morgan fingerprint density at radius 1 is 1.16 bits per heavy atom. The topological polar surface area (TPSA) is 110 Å². The third kappa shape index (κ3) is 4.86. The Balaban J connectivity index is 2.05. The van der Waals surface area contributed by atoms with Crippen LogP contribution < -0.4 is 21.9 Å². The van der Waals surface area contributed by atoms with Crippen LogP contribution in [0.4, 0.5) is 11.5 Å². The molecule has 1 aromatic heterocycles. The van der Waals surface area contributed by atoms with Crippen molar-refractivity contribution >= 4 is 28.2 Å². The van der Waals surface area contributed by atoms with Crippen molar-refractivity contribution in [1.29, 1.82) is 0 Å². The number of benzene rings is 2. The van der Waals surface area contributed by atoms with E-state index in [9.17, 15) is 14.4 Å². The van der Waals surface area contributed by atoms with Crippen LogP contribution in [0.5, 0.6) is 0 Å². The SMILES string of the molecule is COCCN(C(=O)Cc1cccc2ccccc12)c1c(N)n(CC(C)C)c(=O)[nH]c1=O. The van der Waals surface area contributed by atoms with Crippen LogP contribution in [0.2, 0.25) is 0 Å². The number of aromatic amines is 1. The maximum atomic E-state index is 13.4. The molecule has 8 heteroatoms. The fraction of sp³-hybridized carbons (Fsp3) is 0.348. The summed E-state index contributed by atoms with van der Waals surface area (Å²) < 4.78 is 6.45. The van der Waals surface area contributed by atoms with Gasteiger partial charge in [0.05, 0.1) is 13.0 Å². The van der Waals surface area contributed by atoms with Gasteiger partial charge in [-0.3, -0.25) is 19.1 Å². The highest BCUT2D eigenvalue weighted by Crippen LogP contribution is 2.22. The molecule has 0 spiro atoms. The number of nitrogens with one attached hydrogen (secondary N) is 1. The highest BCUT2D eigenvalue weighted by Gasteiger charge is 2.25. The number of carbonyl (C=O) groups is 1. The number of fused-ring (bicyclic) bond motifs is 1. The summed E-state index contributed by atoms with van der Waals surface area (Å²) >= 11 is 0. The lowest BCUT2D eigenvalue weighted by Crippen LogP contribution is -2.43. The van der Waals surface area contributed by atoms with Crippen molar-refractivity contribution in [1.82, 2.24) is 9.55 Å². The van der Waals surface area contributed by atoms with Gasteiger partial charge in [-0.25, -0.2) is 4.79 Å². The predicted octanol–water partition coefficient (Wildman–Crippen LogP) is 2.15. The van der Waals surface area contributed by atoms with Crippen LogP contribution in [0.1, 0.15) is 19.4 Å². The second-order valence-electron chi connectivity index (χ2n) is 7.85. The highest BCUT2D eigenvalue weighted by molar-refractivity contribution is 5.99. The molecule has 0 aliphatic rings. The summed E-state index contributed by atoms with van der Waals surface area (Å²) in [5, 5.41) is 2.00. The monoisotopic (exact) mass is 424 g/mol. The normalized spacial score (nSPS) is 11.2. The number of hydrogen-bond acceptors (Lipinski definition) is 5. The summed E-state index contributed by atoms with van der Waals surface area (Å²) in [6.45, 7) is 4.54. The van der Waals surface area contributed by atoms with E-state index in [4.69, 9.17) is 10.5 Å². The van der Waals surface area contributed by atoms with Gasteiger partial charge in [-0.05, 0) is 22.3 Å². The van der Waals surface area contributed by atoms with Crippen molar-refractivity contribution in [3.05, 3.63) is 68.9 Å². The molecular formula is C23H28N4O4. The van der Waals surface area contributed by atoms with Gasteiger partial charge in [0.15, 0.2) is 5.69 Å². The molecule has 0 aliphatic carbocycles. The second kappa shape index (κ2) is 9.61. The van der Waals surface area contributed by atoms with Crippen molar-refractivity contribution in [2.24, 2.45) is 5.92 Å². The standard InChI is InChI=1S/C23H28N4O4/c1-15(2)14-27-21(24)20(22(29)25-23(27)30)26(11-12-31-3)19(28)13-17-9-6-8-16-7-4-5-10-18(16)17/h4-10,15H,11-14,24H2,1-3H3,(H,25,29,30). The molecule has 1 amide bonds. The van der Waals surface area contributed by atoms with E-state index in [1.807, 2.05) is 56.3 Å². The number of methoxy groups -OCH3 is 1. The molecule has 3 N–H and O–H groups in total. The Morgan fingerprint density at radius 3 is 2.58 bits per heavy atom. The van der Waals surface area contributed by atoms with Crippen molar-refractivity contribution in [2.45, 2.75) is 26.8 Å². The third-order valence-corrected chi connectivity index (χ3v) is 5.07. The summed E-state index contributed by atoms with van der Waals surface area (Å²) in [6, 6.07) is 13.6. The molecule has 1 heterocycles. The van der Waals surface area contributed by atoms with E-state index < -0.39 is 11.2 Å². The van der Waals surface area contributed by atoms with Crippen LogP contribution in [0, 0.1) is 5.92 Å². The zero-order valence-electron chi connectivity index (χ0n) is 18.1. The van der Waals surface area contributed by atoms with Crippen LogP contribution in [-0.4, -0.2) is 35.7 Å². The molecule has 0 fully saturated rings. The Kier molecular flexibility index (Phi) is 6.91. The third-order valence-electron chi connectivity index (χ3n) is 5.07. The molecule has 0 saturated heterocycles. The van der Waals surface area contributed by atoms with E-state index in [1.54, 1.807) is 0 Å². The van der Waals surface area contributed by atoms with E-state index in [-0.39, 0.29) is 42.9 Å². The van der Waals surface area contributed by atoms with Gasteiger partial charge in [-0.2, -0.15) is 0 Å². The lowest BCUT2D eigenvalue weighted by molar-refractivity contribution is -0.118. The predicted molar refractivity (Wildman–Crippen MR) is 122 cm³/mol. The average Bonchev–Trinajstić information content (AvgIpc) is 2.73.